The number of rotatable bonds is 5. The number of aryl methyl sites for hydroxylation is 1. The number of thiophene rings is 1. The molecule has 1 fully saturated rings. The van der Waals surface area contributed by atoms with Crippen LogP contribution in [0.4, 0.5) is 0 Å². The first-order chi connectivity index (χ1) is 8.26. The molecule has 96 valence electrons. The topological polar surface area (TPSA) is 29.3 Å². The summed E-state index contributed by atoms with van der Waals surface area (Å²) in [6.07, 6.45) is 6.60. The van der Waals surface area contributed by atoms with Gasteiger partial charge in [-0.3, -0.25) is 4.90 Å². The van der Waals surface area contributed by atoms with Crippen molar-refractivity contribution < 1.29 is 0 Å². The summed E-state index contributed by atoms with van der Waals surface area (Å²) in [5.41, 5.74) is 5.99. The van der Waals surface area contributed by atoms with Crippen LogP contribution in [0.3, 0.4) is 0 Å². The number of nitrogens with zero attached hydrogens (tertiary/aromatic N) is 1. The highest BCUT2D eigenvalue weighted by Crippen LogP contribution is 2.32. The van der Waals surface area contributed by atoms with Crippen molar-refractivity contribution in [3.8, 4) is 0 Å². The van der Waals surface area contributed by atoms with Gasteiger partial charge < -0.3 is 5.73 Å². The van der Waals surface area contributed by atoms with Gasteiger partial charge in [-0.15, -0.1) is 11.3 Å². The Hall–Kier alpha value is -0.380. The molecule has 1 aliphatic rings. The third-order valence-corrected chi connectivity index (χ3v) is 5.31. The molecule has 1 aromatic rings. The molecule has 0 aromatic carbocycles. The van der Waals surface area contributed by atoms with Crippen LogP contribution in [0.15, 0.2) is 12.1 Å². The zero-order chi connectivity index (χ0) is 12.3. The van der Waals surface area contributed by atoms with Crippen LogP contribution in [0.5, 0.6) is 0 Å². The Bertz CT molecular complexity index is 342. The van der Waals surface area contributed by atoms with Crippen molar-refractivity contribution >= 4 is 11.3 Å². The maximum atomic E-state index is 5.99. The van der Waals surface area contributed by atoms with E-state index in [1.165, 1.54) is 35.4 Å². The van der Waals surface area contributed by atoms with Gasteiger partial charge in [0, 0.05) is 22.3 Å². The van der Waals surface area contributed by atoms with Crippen molar-refractivity contribution in [3.05, 3.63) is 21.9 Å². The molecule has 1 atom stereocenters. The van der Waals surface area contributed by atoms with Crippen LogP contribution >= 0.6 is 11.3 Å². The SMILES string of the molecule is CCc1ccc(C(CN)N(C)C2CCCC2)s1. The molecule has 0 spiro atoms. The summed E-state index contributed by atoms with van der Waals surface area (Å²) in [5.74, 6) is 0. The second kappa shape index (κ2) is 5.98. The van der Waals surface area contributed by atoms with E-state index < -0.39 is 0 Å². The minimum Gasteiger partial charge on any atom is -0.329 e. The van der Waals surface area contributed by atoms with Gasteiger partial charge in [-0.2, -0.15) is 0 Å². The molecule has 17 heavy (non-hydrogen) atoms. The average Bonchev–Trinajstić information content (AvgIpc) is 3.01. The summed E-state index contributed by atoms with van der Waals surface area (Å²) in [6.45, 7) is 2.95. The Balaban J connectivity index is 2.08. The maximum Gasteiger partial charge on any atom is 0.0564 e. The molecule has 1 unspecified atom stereocenters. The van der Waals surface area contributed by atoms with E-state index >= 15 is 0 Å². The summed E-state index contributed by atoms with van der Waals surface area (Å²) in [6, 6.07) is 5.69. The molecule has 0 bridgehead atoms. The largest absolute Gasteiger partial charge is 0.329 e. The van der Waals surface area contributed by atoms with Crippen LogP contribution in [0.1, 0.15) is 48.4 Å². The predicted molar refractivity (Wildman–Crippen MR) is 75.5 cm³/mol. The Morgan fingerprint density at radius 1 is 1.41 bits per heavy atom. The second-order valence-corrected chi connectivity index (χ2v) is 6.21. The molecule has 3 heteroatoms. The van der Waals surface area contributed by atoms with Gasteiger partial charge in [-0.25, -0.2) is 0 Å². The van der Waals surface area contributed by atoms with Crippen molar-refractivity contribution in [2.24, 2.45) is 5.73 Å². The molecule has 1 saturated carbocycles. The van der Waals surface area contributed by atoms with Gasteiger partial charge in [0.15, 0.2) is 0 Å². The van der Waals surface area contributed by atoms with Crippen LogP contribution in [0.25, 0.3) is 0 Å². The zero-order valence-corrected chi connectivity index (χ0v) is 11.8. The summed E-state index contributed by atoms with van der Waals surface area (Å²) in [7, 11) is 2.25. The first-order valence-electron chi connectivity index (χ1n) is 6.76. The van der Waals surface area contributed by atoms with Crippen LogP contribution in [0, 0.1) is 0 Å². The molecule has 1 heterocycles. The summed E-state index contributed by atoms with van der Waals surface area (Å²) in [4.78, 5) is 5.43. The third-order valence-electron chi connectivity index (χ3n) is 3.97. The van der Waals surface area contributed by atoms with E-state index in [0.717, 1.165) is 19.0 Å². The molecule has 2 N–H and O–H groups in total. The Morgan fingerprint density at radius 3 is 2.65 bits per heavy atom. The van der Waals surface area contributed by atoms with Crippen LogP contribution < -0.4 is 5.73 Å². The first kappa shape index (κ1) is 13.1. The highest BCUT2D eigenvalue weighted by atomic mass is 32.1. The standard InChI is InChI=1S/C14H24N2S/c1-3-12-8-9-14(17-12)13(10-15)16(2)11-6-4-5-7-11/h8-9,11,13H,3-7,10,15H2,1-2H3. The Morgan fingerprint density at radius 2 is 2.12 bits per heavy atom. The van der Waals surface area contributed by atoms with E-state index in [1.807, 2.05) is 11.3 Å². The number of hydrogen-bond donors (Lipinski definition) is 1. The Kier molecular flexibility index (Phi) is 4.60. The number of nitrogens with two attached hydrogens (primary N) is 1. The minimum atomic E-state index is 0.420. The fraction of sp³-hybridized carbons (Fsp3) is 0.714. The van der Waals surface area contributed by atoms with Gasteiger partial charge >= 0.3 is 0 Å². The molecular formula is C14H24N2S. The van der Waals surface area contributed by atoms with E-state index in [2.05, 4.69) is 31.0 Å². The quantitative estimate of drug-likeness (QED) is 0.872. The number of hydrogen-bond acceptors (Lipinski definition) is 3. The van der Waals surface area contributed by atoms with Crippen LogP contribution in [0.2, 0.25) is 0 Å². The second-order valence-electron chi connectivity index (χ2n) is 5.01. The molecule has 0 amide bonds. The number of likely N-dealkylation sites (N-methyl/N-ethyl adjacent to an activating group) is 1. The molecule has 2 rings (SSSR count). The lowest BCUT2D eigenvalue weighted by molar-refractivity contribution is 0.182. The van der Waals surface area contributed by atoms with Gasteiger partial charge in [-0.05, 0) is 38.4 Å². The molecule has 0 aliphatic heterocycles. The van der Waals surface area contributed by atoms with E-state index in [9.17, 15) is 0 Å². The van der Waals surface area contributed by atoms with Gasteiger partial charge in [-0.1, -0.05) is 19.8 Å². The fourth-order valence-electron chi connectivity index (χ4n) is 2.81. The monoisotopic (exact) mass is 252 g/mol. The van der Waals surface area contributed by atoms with Crippen LogP contribution in [-0.4, -0.2) is 24.5 Å². The van der Waals surface area contributed by atoms with E-state index in [0.29, 0.717) is 6.04 Å². The zero-order valence-electron chi connectivity index (χ0n) is 11.0. The predicted octanol–water partition coefficient (Wildman–Crippen LogP) is 3.18. The highest BCUT2D eigenvalue weighted by Gasteiger charge is 2.26. The van der Waals surface area contributed by atoms with E-state index in [1.54, 1.807) is 0 Å². The van der Waals surface area contributed by atoms with Crippen molar-refractivity contribution in [1.29, 1.82) is 0 Å². The molecule has 0 radical (unpaired) electrons. The minimum absolute atomic E-state index is 0.420. The van der Waals surface area contributed by atoms with Crippen molar-refractivity contribution in [2.75, 3.05) is 13.6 Å². The van der Waals surface area contributed by atoms with Gasteiger partial charge in [0.25, 0.3) is 0 Å². The summed E-state index contributed by atoms with van der Waals surface area (Å²) < 4.78 is 0. The van der Waals surface area contributed by atoms with Crippen LogP contribution in [-0.2, 0) is 6.42 Å². The maximum absolute atomic E-state index is 5.99. The van der Waals surface area contributed by atoms with Gasteiger partial charge in [0.05, 0.1) is 6.04 Å². The molecule has 1 aliphatic carbocycles. The lowest BCUT2D eigenvalue weighted by Crippen LogP contribution is -2.36. The molecule has 2 nitrogen and oxygen atoms in total. The first-order valence-corrected chi connectivity index (χ1v) is 7.58. The van der Waals surface area contributed by atoms with E-state index in [-0.39, 0.29) is 0 Å². The average molecular weight is 252 g/mol. The lowest BCUT2D eigenvalue weighted by Gasteiger charge is -2.31. The third kappa shape index (κ3) is 2.90. The fourth-order valence-corrected chi connectivity index (χ4v) is 3.93. The lowest BCUT2D eigenvalue weighted by atomic mass is 10.1. The summed E-state index contributed by atoms with van der Waals surface area (Å²) in [5, 5.41) is 0. The van der Waals surface area contributed by atoms with Gasteiger partial charge in [0.1, 0.15) is 0 Å². The van der Waals surface area contributed by atoms with E-state index in [4.69, 9.17) is 5.73 Å². The van der Waals surface area contributed by atoms with Gasteiger partial charge in [0.2, 0.25) is 0 Å². The van der Waals surface area contributed by atoms with Crippen molar-refractivity contribution in [3.63, 3.8) is 0 Å². The highest BCUT2D eigenvalue weighted by molar-refractivity contribution is 7.12. The normalized spacial score (nSPS) is 19.1. The smallest absolute Gasteiger partial charge is 0.0564 e. The Labute approximate surface area is 109 Å². The molecule has 0 saturated heterocycles. The van der Waals surface area contributed by atoms with Crippen molar-refractivity contribution in [1.82, 2.24) is 4.90 Å². The summed E-state index contributed by atoms with van der Waals surface area (Å²) >= 11 is 1.93. The van der Waals surface area contributed by atoms with Crippen molar-refractivity contribution in [2.45, 2.75) is 51.1 Å². The molecular weight excluding hydrogens is 228 g/mol. The molecule has 1 aromatic heterocycles.